The second kappa shape index (κ2) is 8.60. The van der Waals surface area contributed by atoms with Crippen molar-refractivity contribution in [3.8, 4) is 0 Å². The molecule has 13 nitrogen and oxygen atoms in total. The molecule has 1 unspecified atom stereocenters. The Morgan fingerprint density at radius 2 is 2.15 bits per heavy atom. The van der Waals surface area contributed by atoms with Crippen LogP contribution in [0.25, 0.3) is 10.4 Å². The summed E-state index contributed by atoms with van der Waals surface area (Å²) in [6.45, 7) is -7.26. The van der Waals surface area contributed by atoms with E-state index in [1.54, 1.807) is 0 Å². The predicted molar refractivity (Wildman–Crippen MR) is 99.8 cm³/mol. The van der Waals surface area contributed by atoms with Crippen LogP contribution < -0.4 is 11.2 Å². The van der Waals surface area contributed by atoms with Gasteiger partial charge in [0.1, 0.15) is 6.23 Å². The molecule has 0 amide bonds. The Balaban J connectivity index is 2.18. The SMILES string of the molecule is Cc1cn([C@H]2C[C@H](N=[N+]=[N-])[C@@H](COP(O)(=S)OP(O)(O)=S)O2)c(=O)[nH]c1=O. The number of rotatable bonds is 7. The number of nitrogens with one attached hydrogen (secondary N) is 1. The molecular weight excluding hydrogens is 444 g/mol. The number of H-pyrrole nitrogens is 1. The lowest BCUT2D eigenvalue weighted by Crippen LogP contribution is -2.33. The summed E-state index contributed by atoms with van der Waals surface area (Å²) < 4.78 is 16.1. The molecule has 0 aromatic carbocycles. The van der Waals surface area contributed by atoms with Gasteiger partial charge in [0, 0.05) is 23.1 Å². The van der Waals surface area contributed by atoms with Gasteiger partial charge in [-0.1, -0.05) is 5.11 Å². The van der Waals surface area contributed by atoms with Crippen LogP contribution in [0.5, 0.6) is 0 Å². The summed E-state index contributed by atoms with van der Waals surface area (Å²) in [4.78, 5) is 56.2. The Labute approximate surface area is 161 Å². The highest BCUT2D eigenvalue weighted by Gasteiger charge is 2.38. The van der Waals surface area contributed by atoms with Gasteiger partial charge in [-0.25, -0.2) is 9.11 Å². The van der Waals surface area contributed by atoms with Crippen LogP contribution in [0.2, 0.25) is 0 Å². The zero-order valence-electron chi connectivity index (χ0n) is 13.6. The molecule has 1 saturated heterocycles. The molecule has 1 aromatic rings. The Bertz CT molecular complexity index is 969. The molecule has 17 heteroatoms. The molecule has 2 heterocycles. The molecule has 1 aliphatic heterocycles. The van der Waals surface area contributed by atoms with E-state index in [2.05, 4.69) is 42.9 Å². The highest BCUT2D eigenvalue weighted by Crippen LogP contribution is 2.58. The van der Waals surface area contributed by atoms with Gasteiger partial charge in [0.25, 0.3) is 5.56 Å². The van der Waals surface area contributed by atoms with Crippen molar-refractivity contribution in [2.45, 2.75) is 31.7 Å². The van der Waals surface area contributed by atoms with E-state index < -0.39 is 49.7 Å². The second-order valence-corrected chi connectivity index (χ2v) is 11.1. The maximum Gasteiger partial charge on any atom is 0.331 e. The highest BCUT2D eigenvalue weighted by atomic mass is 32.5. The Kier molecular flexibility index (Phi) is 7.11. The van der Waals surface area contributed by atoms with E-state index in [-0.39, 0.29) is 12.0 Å². The van der Waals surface area contributed by atoms with E-state index in [4.69, 9.17) is 24.6 Å². The summed E-state index contributed by atoms with van der Waals surface area (Å²) in [6, 6.07) is -0.791. The number of aryl methyl sites for hydroxylation is 1. The summed E-state index contributed by atoms with van der Waals surface area (Å²) in [5.74, 6) is 0. The van der Waals surface area contributed by atoms with E-state index in [0.29, 0.717) is 0 Å². The van der Waals surface area contributed by atoms with Crippen molar-refractivity contribution in [1.82, 2.24) is 9.55 Å². The quantitative estimate of drug-likeness (QED) is 0.190. The number of aromatic nitrogens is 2. The summed E-state index contributed by atoms with van der Waals surface area (Å²) in [6.07, 6.45) is -0.430. The van der Waals surface area contributed by atoms with Crippen LogP contribution >= 0.6 is 13.4 Å². The van der Waals surface area contributed by atoms with Crippen molar-refractivity contribution in [3.05, 3.63) is 43.0 Å². The first-order chi connectivity index (χ1) is 12.4. The summed E-state index contributed by atoms with van der Waals surface area (Å²) in [7, 11) is 0. The molecule has 4 N–H and O–H groups in total. The zero-order valence-corrected chi connectivity index (χ0v) is 17.0. The van der Waals surface area contributed by atoms with Crippen molar-refractivity contribution in [2.24, 2.45) is 5.11 Å². The molecule has 0 spiro atoms. The molecule has 0 bridgehead atoms. The molecule has 2 rings (SSSR count). The van der Waals surface area contributed by atoms with E-state index in [0.717, 1.165) is 4.57 Å². The zero-order chi connectivity index (χ0) is 20.4. The monoisotopic (exact) mass is 459 g/mol. The summed E-state index contributed by atoms with van der Waals surface area (Å²) >= 11 is 8.84. The van der Waals surface area contributed by atoms with E-state index in [1.165, 1.54) is 13.1 Å². The molecule has 27 heavy (non-hydrogen) atoms. The van der Waals surface area contributed by atoms with Gasteiger partial charge in [-0.15, -0.1) is 0 Å². The van der Waals surface area contributed by atoms with E-state index in [9.17, 15) is 14.5 Å². The number of azide groups is 1. The molecular formula is C10H15N5O8P2S2. The number of hydrogen-bond donors (Lipinski definition) is 4. The third kappa shape index (κ3) is 6.28. The third-order valence-corrected chi connectivity index (χ3v) is 7.14. The first-order valence-corrected chi connectivity index (χ1v) is 12.4. The van der Waals surface area contributed by atoms with Crippen LogP contribution in [0, 0.1) is 6.92 Å². The average molecular weight is 459 g/mol. The van der Waals surface area contributed by atoms with Gasteiger partial charge in [-0.2, -0.15) is 0 Å². The minimum atomic E-state index is -4.25. The summed E-state index contributed by atoms with van der Waals surface area (Å²) in [5, 5.41) is 3.56. The Morgan fingerprint density at radius 1 is 1.48 bits per heavy atom. The predicted octanol–water partition coefficient (Wildman–Crippen LogP) is 0.271. The van der Waals surface area contributed by atoms with Gasteiger partial charge < -0.3 is 23.9 Å². The largest absolute Gasteiger partial charge is 0.352 e. The lowest BCUT2D eigenvalue weighted by molar-refractivity contribution is -0.0241. The lowest BCUT2D eigenvalue weighted by atomic mass is 10.1. The van der Waals surface area contributed by atoms with Gasteiger partial charge >= 0.3 is 19.1 Å². The molecule has 1 fully saturated rings. The maximum atomic E-state index is 12.0. The van der Waals surface area contributed by atoms with E-state index in [1.807, 2.05) is 0 Å². The number of ether oxygens (including phenoxy) is 1. The Morgan fingerprint density at radius 3 is 2.74 bits per heavy atom. The molecule has 4 atom stereocenters. The molecule has 0 aliphatic carbocycles. The third-order valence-electron chi connectivity index (χ3n) is 3.47. The smallest absolute Gasteiger partial charge is 0.331 e. The first-order valence-electron chi connectivity index (χ1n) is 7.18. The Hall–Kier alpha value is -0.950. The molecule has 0 saturated carbocycles. The summed E-state index contributed by atoms with van der Waals surface area (Å²) in [5.41, 5.74) is 7.72. The fraction of sp³-hybridized carbons (Fsp3) is 0.600. The van der Waals surface area contributed by atoms with Gasteiger partial charge in [-0.3, -0.25) is 14.3 Å². The molecule has 0 radical (unpaired) electrons. The molecule has 1 aromatic heterocycles. The lowest BCUT2D eigenvalue weighted by Gasteiger charge is -2.21. The molecule has 150 valence electrons. The minimum absolute atomic E-state index is 0.0800. The van der Waals surface area contributed by atoms with Crippen LogP contribution in [-0.2, 0) is 37.2 Å². The van der Waals surface area contributed by atoms with Gasteiger partial charge in [0.2, 0.25) is 0 Å². The normalized spacial score (nSPS) is 25.0. The number of hydrogen-bond acceptors (Lipinski definition) is 8. The fourth-order valence-electron chi connectivity index (χ4n) is 2.35. The van der Waals surface area contributed by atoms with Crippen molar-refractivity contribution in [2.75, 3.05) is 6.61 Å². The van der Waals surface area contributed by atoms with Crippen LogP contribution in [0.15, 0.2) is 20.9 Å². The van der Waals surface area contributed by atoms with Crippen molar-refractivity contribution in [1.29, 1.82) is 0 Å². The van der Waals surface area contributed by atoms with Gasteiger partial charge in [0.05, 0.1) is 18.8 Å². The topological polar surface area (TPSA) is 192 Å². The minimum Gasteiger partial charge on any atom is -0.352 e. The fourth-order valence-corrected chi connectivity index (χ4v) is 6.16. The van der Waals surface area contributed by atoms with Gasteiger partial charge in [0.15, 0.2) is 0 Å². The van der Waals surface area contributed by atoms with Crippen molar-refractivity contribution >= 4 is 37.1 Å². The molecule has 1 aliphatic rings. The van der Waals surface area contributed by atoms with E-state index >= 15 is 0 Å². The standard InChI is InChI=1S/C10H15N5O8P2S2/c1-5-3-15(10(17)12-9(5)16)8-2-6(13-14-11)7(22-8)4-21-25(20,27)23-24(18,19)26/h3,6-8H,2,4H2,1H3,(H,20,27)(H,12,16,17)(H2,18,19,26)/t6-,7+,8+,25?/m0/s1. The number of nitrogens with zero attached hydrogens (tertiary/aromatic N) is 4. The van der Waals surface area contributed by atoms with Crippen molar-refractivity contribution in [3.63, 3.8) is 0 Å². The first kappa shape index (κ1) is 22.3. The highest BCUT2D eigenvalue weighted by molar-refractivity contribution is 8.14. The van der Waals surface area contributed by atoms with Crippen LogP contribution in [0.4, 0.5) is 0 Å². The van der Waals surface area contributed by atoms with Crippen molar-refractivity contribution < 1.29 is 28.3 Å². The average Bonchev–Trinajstić information content (AvgIpc) is 2.90. The number of aromatic amines is 1. The van der Waals surface area contributed by atoms with Crippen LogP contribution in [0.3, 0.4) is 0 Å². The van der Waals surface area contributed by atoms with Gasteiger partial charge in [-0.05, 0) is 36.1 Å². The van der Waals surface area contributed by atoms with Crippen LogP contribution in [-0.4, -0.2) is 43.0 Å². The van der Waals surface area contributed by atoms with Crippen LogP contribution in [0.1, 0.15) is 18.2 Å². The second-order valence-electron chi connectivity index (χ2n) is 5.45. The maximum absolute atomic E-state index is 12.0.